The van der Waals surface area contributed by atoms with E-state index in [9.17, 15) is 4.79 Å². The van der Waals surface area contributed by atoms with Crippen molar-refractivity contribution in [2.75, 3.05) is 6.54 Å². The topological polar surface area (TPSA) is 46.3 Å². The van der Waals surface area contributed by atoms with Crippen LogP contribution in [0.1, 0.15) is 44.6 Å². The summed E-state index contributed by atoms with van der Waals surface area (Å²) in [5, 5.41) is 0.686. The molecule has 1 aliphatic rings. The van der Waals surface area contributed by atoms with Gasteiger partial charge in [-0.25, -0.2) is 0 Å². The van der Waals surface area contributed by atoms with Crippen molar-refractivity contribution in [3.8, 4) is 0 Å². The van der Waals surface area contributed by atoms with Crippen LogP contribution in [-0.2, 0) is 11.2 Å². The van der Waals surface area contributed by atoms with Crippen molar-refractivity contribution in [3.63, 3.8) is 0 Å². The summed E-state index contributed by atoms with van der Waals surface area (Å²) in [6.45, 7) is 2.95. The number of halogens is 1. The Hall–Kier alpha value is -1.06. The van der Waals surface area contributed by atoms with Crippen molar-refractivity contribution in [1.82, 2.24) is 4.90 Å². The molecule has 1 aromatic rings. The Morgan fingerprint density at radius 1 is 1.33 bits per heavy atom. The van der Waals surface area contributed by atoms with Gasteiger partial charge in [0.1, 0.15) is 0 Å². The minimum Gasteiger partial charge on any atom is -0.339 e. The van der Waals surface area contributed by atoms with E-state index in [1.807, 2.05) is 24.3 Å². The van der Waals surface area contributed by atoms with E-state index < -0.39 is 0 Å². The van der Waals surface area contributed by atoms with E-state index in [2.05, 4.69) is 11.8 Å². The Morgan fingerprint density at radius 3 is 2.67 bits per heavy atom. The normalized spacial score (nSPS) is 22.0. The molecule has 0 saturated heterocycles. The fraction of sp³-hybridized carbons (Fsp3) is 0.588. The number of hydrogen-bond donors (Lipinski definition) is 1. The van der Waals surface area contributed by atoms with E-state index in [1.54, 1.807) is 0 Å². The van der Waals surface area contributed by atoms with Gasteiger partial charge in [-0.2, -0.15) is 0 Å². The SMILES string of the molecule is CCCN(C(=O)Cc1cccc(Cl)c1)C1CCC(N)CC1. The summed E-state index contributed by atoms with van der Waals surface area (Å²) >= 11 is 5.99. The van der Waals surface area contributed by atoms with Crippen LogP contribution in [0.25, 0.3) is 0 Å². The number of nitrogens with two attached hydrogens (primary N) is 1. The Balaban J connectivity index is 2.01. The number of hydrogen-bond acceptors (Lipinski definition) is 2. The van der Waals surface area contributed by atoms with Gasteiger partial charge in [0, 0.05) is 23.7 Å². The number of nitrogens with zero attached hydrogens (tertiary/aromatic N) is 1. The average molecular weight is 309 g/mol. The van der Waals surface area contributed by atoms with Crippen molar-refractivity contribution < 1.29 is 4.79 Å². The van der Waals surface area contributed by atoms with Gasteiger partial charge in [0.2, 0.25) is 5.91 Å². The summed E-state index contributed by atoms with van der Waals surface area (Å²) in [7, 11) is 0. The lowest BCUT2D eigenvalue weighted by atomic mass is 9.90. The van der Waals surface area contributed by atoms with Crippen LogP contribution in [0.15, 0.2) is 24.3 Å². The van der Waals surface area contributed by atoms with Crippen LogP contribution in [0.3, 0.4) is 0 Å². The minimum atomic E-state index is 0.208. The van der Waals surface area contributed by atoms with Crippen molar-refractivity contribution in [1.29, 1.82) is 0 Å². The van der Waals surface area contributed by atoms with Gasteiger partial charge in [-0.15, -0.1) is 0 Å². The van der Waals surface area contributed by atoms with E-state index in [0.717, 1.165) is 44.2 Å². The molecule has 4 heteroatoms. The number of amides is 1. The number of carbonyl (C=O) groups excluding carboxylic acids is 1. The van der Waals surface area contributed by atoms with Crippen LogP contribution in [0.4, 0.5) is 0 Å². The lowest BCUT2D eigenvalue weighted by Gasteiger charge is -2.36. The number of carbonyl (C=O) groups is 1. The Morgan fingerprint density at radius 2 is 2.05 bits per heavy atom. The van der Waals surface area contributed by atoms with Crippen LogP contribution in [0.5, 0.6) is 0 Å². The maximum Gasteiger partial charge on any atom is 0.227 e. The minimum absolute atomic E-state index is 0.208. The van der Waals surface area contributed by atoms with Crippen LogP contribution >= 0.6 is 11.6 Å². The first-order chi connectivity index (χ1) is 10.1. The van der Waals surface area contributed by atoms with Crippen LogP contribution in [-0.4, -0.2) is 29.4 Å². The van der Waals surface area contributed by atoms with Gasteiger partial charge in [0.05, 0.1) is 6.42 Å². The van der Waals surface area contributed by atoms with Gasteiger partial charge in [0.25, 0.3) is 0 Å². The zero-order chi connectivity index (χ0) is 15.2. The van der Waals surface area contributed by atoms with Gasteiger partial charge in [-0.05, 0) is 49.8 Å². The molecule has 0 spiro atoms. The molecular weight excluding hydrogens is 284 g/mol. The highest BCUT2D eigenvalue weighted by molar-refractivity contribution is 6.30. The van der Waals surface area contributed by atoms with Gasteiger partial charge >= 0.3 is 0 Å². The standard InChI is InChI=1S/C17H25ClN2O/c1-2-10-20(16-8-6-15(19)7-9-16)17(21)12-13-4-3-5-14(18)11-13/h3-5,11,15-16H,2,6-10,12,19H2,1H3. The second-order valence-corrected chi connectivity index (χ2v) is 6.40. The molecule has 0 bridgehead atoms. The Kier molecular flexibility index (Phi) is 6.07. The summed E-state index contributed by atoms with van der Waals surface area (Å²) < 4.78 is 0. The molecule has 1 aromatic carbocycles. The van der Waals surface area contributed by atoms with E-state index in [-0.39, 0.29) is 5.91 Å². The Bertz CT molecular complexity index is 470. The van der Waals surface area contributed by atoms with Crippen molar-refractivity contribution in [3.05, 3.63) is 34.9 Å². The van der Waals surface area contributed by atoms with Gasteiger partial charge in [-0.3, -0.25) is 4.79 Å². The first kappa shape index (κ1) is 16.3. The number of benzene rings is 1. The molecule has 2 rings (SSSR count). The zero-order valence-corrected chi connectivity index (χ0v) is 13.5. The molecule has 1 fully saturated rings. The highest BCUT2D eigenvalue weighted by Gasteiger charge is 2.27. The fourth-order valence-corrected chi connectivity index (χ4v) is 3.30. The van der Waals surface area contributed by atoms with Crippen molar-refractivity contribution >= 4 is 17.5 Å². The summed E-state index contributed by atoms with van der Waals surface area (Å²) in [5.74, 6) is 0.208. The fourth-order valence-electron chi connectivity index (χ4n) is 3.09. The maximum absolute atomic E-state index is 12.6. The summed E-state index contributed by atoms with van der Waals surface area (Å²) in [4.78, 5) is 14.7. The third-order valence-electron chi connectivity index (χ3n) is 4.21. The third-order valence-corrected chi connectivity index (χ3v) is 4.45. The third kappa shape index (κ3) is 4.72. The predicted molar refractivity (Wildman–Crippen MR) is 87.4 cm³/mol. The lowest BCUT2D eigenvalue weighted by Crippen LogP contribution is -2.45. The van der Waals surface area contributed by atoms with E-state index in [1.165, 1.54) is 0 Å². The molecule has 0 atom stereocenters. The summed E-state index contributed by atoms with van der Waals surface area (Å²) in [6, 6.07) is 8.24. The Labute approximate surface area is 132 Å². The average Bonchev–Trinajstić information content (AvgIpc) is 2.46. The van der Waals surface area contributed by atoms with E-state index in [0.29, 0.717) is 23.5 Å². The van der Waals surface area contributed by atoms with Crippen molar-refractivity contribution in [2.45, 2.75) is 57.5 Å². The second-order valence-electron chi connectivity index (χ2n) is 5.96. The molecule has 0 heterocycles. The lowest BCUT2D eigenvalue weighted by molar-refractivity contribution is -0.133. The highest BCUT2D eigenvalue weighted by atomic mass is 35.5. The van der Waals surface area contributed by atoms with Gasteiger partial charge in [0.15, 0.2) is 0 Å². The van der Waals surface area contributed by atoms with Gasteiger partial charge in [-0.1, -0.05) is 30.7 Å². The molecule has 116 valence electrons. The molecule has 1 aliphatic carbocycles. The van der Waals surface area contributed by atoms with Crippen LogP contribution in [0.2, 0.25) is 5.02 Å². The molecule has 21 heavy (non-hydrogen) atoms. The quantitative estimate of drug-likeness (QED) is 0.906. The molecular formula is C17H25ClN2O. The molecule has 0 aliphatic heterocycles. The smallest absolute Gasteiger partial charge is 0.227 e. The largest absolute Gasteiger partial charge is 0.339 e. The first-order valence-electron chi connectivity index (χ1n) is 7.89. The molecule has 0 radical (unpaired) electrons. The molecule has 0 aromatic heterocycles. The second kappa shape index (κ2) is 7.81. The molecule has 1 saturated carbocycles. The van der Waals surface area contributed by atoms with Crippen molar-refractivity contribution in [2.24, 2.45) is 5.73 Å². The van der Waals surface area contributed by atoms with E-state index in [4.69, 9.17) is 17.3 Å². The monoisotopic (exact) mass is 308 g/mol. The molecule has 3 nitrogen and oxygen atoms in total. The summed E-state index contributed by atoms with van der Waals surface area (Å²) in [5.41, 5.74) is 6.96. The zero-order valence-electron chi connectivity index (χ0n) is 12.7. The van der Waals surface area contributed by atoms with E-state index >= 15 is 0 Å². The molecule has 0 unspecified atom stereocenters. The summed E-state index contributed by atoms with van der Waals surface area (Å²) in [6.07, 6.45) is 5.53. The molecule has 1 amide bonds. The predicted octanol–water partition coefficient (Wildman–Crippen LogP) is 3.39. The number of rotatable bonds is 5. The highest BCUT2D eigenvalue weighted by Crippen LogP contribution is 2.23. The van der Waals surface area contributed by atoms with Crippen LogP contribution in [0, 0.1) is 0 Å². The molecule has 2 N–H and O–H groups in total. The maximum atomic E-state index is 12.6. The van der Waals surface area contributed by atoms with Gasteiger partial charge < -0.3 is 10.6 Å². The first-order valence-corrected chi connectivity index (χ1v) is 8.27. The van der Waals surface area contributed by atoms with Crippen LogP contribution < -0.4 is 5.73 Å².